The van der Waals surface area contributed by atoms with Crippen molar-refractivity contribution in [3.63, 3.8) is 0 Å². The highest BCUT2D eigenvalue weighted by Crippen LogP contribution is 2.27. The van der Waals surface area contributed by atoms with E-state index in [9.17, 15) is 0 Å². The molecule has 1 aromatic heterocycles. The normalized spacial score (nSPS) is 13.6. The molecule has 102 valence electrons. The van der Waals surface area contributed by atoms with Gasteiger partial charge in [0, 0.05) is 24.4 Å². The van der Waals surface area contributed by atoms with Gasteiger partial charge in [0.2, 0.25) is 0 Å². The van der Waals surface area contributed by atoms with Crippen molar-refractivity contribution in [2.45, 2.75) is 59.9 Å². The number of likely N-dealkylation sites (N-methyl/N-ethyl adjacent to an activating group) is 1. The molecule has 0 bridgehead atoms. The fourth-order valence-corrected chi connectivity index (χ4v) is 2.11. The minimum atomic E-state index is 0.307. The molecule has 1 atom stereocenters. The second kappa shape index (κ2) is 6.89. The first kappa shape index (κ1) is 15.2. The molecule has 1 unspecified atom stereocenters. The highest BCUT2D eigenvalue weighted by Gasteiger charge is 2.27. The molecule has 0 saturated carbocycles. The van der Waals surface area contributed by atoms with Crippen LogP contribution in [0.3, 0.4) is 0 Å². The quantitative estimate of drug-likeness (QED) is 0.797. The van der Waals surface area contributed by atoms with E-state index in [1.807, 2.05) is 6.20 Å². The van der Waals surface area contributed by atoms with Gasteiger partial charge in [-0.05, 0) is 36.4 Å². The third-order valence-corrected chi connectivity index (χ3v) is 4.01. The van der Waals surface area contributed by atoms with Crippen molar-refractivity contribution in [2.24, 2.45) is 5.41 Å². The smallest absolute Gasteiger partial charge is 0.0419 e. The largest absolute Gasteiger partial charge is 0.313 e. The van der Waals surface area contributed by atoms with Gasteiger partial charge in [-0.3, -0.25) is 4.98 Å². The predicted molar refractivity (Wildman–Crippen MR) is 78.9 cm³/mol. The zero-order chi connectivity index (χ0) is 13.6. The van der Waals surface area contributed by atoms with Crippen molar-refractivity contribution < 1.29 is 0 Å². The van der Waals surface area contributed by atoms with Gasteiger partial charge in [-0.1, -0.05) is 40.7 Å². The van der Waals surface area contributed by atoms with Crippen LogP contribution in [-0.4, -0.2) is 17.6 Å². The number of hydrogen-bond acceptors (Lipinski definition) is 2. The van der Waals surface area contributed by atoms with Crippen molar-refractivity contribution in [1.82, 2.24) is 10.3 Å². The third-order valence-electron chi connectivity index (χ3n) is 4.01. The molecule has 1 N–H and O–H groups in total. The zero-order valence-electron chi connectivity index (χ0n) is 12.6. The van der Waals surface area contributed by atoms with Crippen molar-refractivity contribution in [3.05, 3.63) is 29.6 Å². The van der Waals surface area contributed by atoms with E-state index in [0.29, 0.717) is 11.5 Å². The van der Waals surface area contributed by atoms with E-state index in [4.69, 9.17) is 0 Å². The van der Waals surface area contributed by atoms with Gasteiger partial charge in [0.05, 0.1) is 0 Å². The van der Waals surface area contributed by atoms with Crippen LogP contribution in [-0.2, 0) is 12.8 Å². The summed E-state index contributed by atoms with van der Waals surface area (Å²) in [6.45, 7) is 12.3. The minimum Gasteiger partial charge on any atom is -0.313 e. The van der Waals surface area contributed by atoms with E-state index in [2.05, 4.69) is 57.1 Å². The van der Waals surface area contributed by atoms with Crippen molar-refractivity contribution in [3.8, 4) is 0 Å². The second-order valence-corrected chi connectivity index (χ2v) is 5.67. The topological polar surface area (TPSA) is 24.9 Å². The fraction of sp³-hybridized carbons (Fsp3) is 0.688. The van der Waals surface area contributed by atoms with Gasteiger partial charge in [-0.25, -0.2) is 0 Å². The molecule has 2 heteroatoms. The zero-order valence-corrected chi connectivity index (χ0v) is 12.6. The Morgan fingerprint density at radius 2 is 1.94 bits per heavy atom. The summed E-state index contributed by atoms with van der Waals surface area (Å²) < 4.78 is 0. The van der Waals surface area contributed by atoms with Gasteiger partial charge >= 0.3 is 0 Å². The summed E-state index contributed by atoms with van der Waals surface area (Å²) in [5.41, 5.74) is 2.81. The van der Waals surface area contributed by atoms with Crippen LogP contribution in [0, 0.1) is 5.41 Å². The molecule has 0 radical (unpaired) electrons. The van der Waals surface area contributed by atoms with E-state index < -0.39 is 0 Å². The molecule has 0 aliphatic rings. The number of nitrogens with one attached hydrogen (secondary N) is 1. The van der Waals surface area contributed by atoms with Crippen LogP contribution in [0.25, 0.3) is 0 Å². The van der Waals surface area contributed by atoms with Crippen LogP contribution >= 0.6 is 0 Å². The monoisotopic (exact) mass is 248 g/mol. The first-order chi connectivity index (χ1) is 8.53. The van der Waals surface area contributed by atoms with Crippen LogP contribution in [0.5, 0.6) is 0 Å². The van der Waals surface area contributed by atoms with Crippen molar-refractivity contribution in [1.29, 1.82) is 0 Å². The third kappa shape index (κ3) is 4.09. The number of pyridine rings is 1. The Bertz CT molecular complexity index is 341. The Morgan fingerprint density at radius 1 is 1.22 bits per heavy atom. The summed E-state index contributed by atoms with van der Waals surface area (Å²) in [5, 5.41) is 3.61. The molecule has 0 aliphatic heterocycles. The number of hydrogen-bond donors (Lipinski definition) is 1. The van der Waals surface area contributed by atoms with Gasteiger partial charge in [-0.2, -0.15) is 0 Å². The summed E-state index contributed by atoms with van der Waals surface area (Å²) >= 11 is 0. The Labute approximate surface area is 112 Å². The first-order valence-corrected chi connectivity index (χ1v) is 7.20. The lowest BCUT2D eigenvalue weighted by molar-refractivity contribution is 0.231. The second-order valence-electron chi connectivity index (χ2n) is 5.67. The van der Waals surface area contributed by atoms with Gasteiger partial charge in [0.1, 0.15) is 0 Å². The predicted octanol–water partition coefficient (Wildman–Crippen LogP) is 3.60. The van der Waals surface area contributed by atoms with Crippen molar-refractivity contribution >= 4 is 0 Å². The molecule has 18 heavy (non-hydrogen) atoms. The van der Waals surface area contributed by atoms with E-state index in [-0.39, 0.29) is 0 Å². The van der Waals surface area contributed by atoms with Crippen LogP contribution < -0.4 is 5.32 Å². The lowest BCUT2D eigenvalue weighted by Gasteiger charge is -2.34. The summed E-state index contributed by atoms with van der Waals surface area (Å²) in [4.78, 5) is 4.58. The Kier molecular flexibility index (Phi) is 5.80. The standard InChI is InChI=1S/C16H28N2/c1-6-13-9-10-14(18-12-13)11-15(17-8-3)16(4,5)7-2/h9-10,12,15,17H,6-8,11H2,1-5H3. The highest BCUT2D eigenvalue weighted by atomic mass is 14.9. The molecule has 0 spiro atoms. The maximum atomic E-state index is 4.58. The van der Waals surface area contributed by atoms with Crippen LogP contribution in [0.1, 0.15) is 52.3 Å². The van der Waals surface area contributed by atoms with Crippen molar-refractivity contribution in [2.75, 3.05) is 6.54 Å². The highest BCUT2D eigenvalue weighted by molar-refractivity contribution is 5.15. The number of nitrogens with zero attached hydrogens (tertiary/aromatic N) is 1. The lowest BCUT2D eigenvalue weighted by Crippen LogP contribution is -2.43. The minimum absolute atomic E-state index is 0.307. The van der Waals surface area contributed by atoms with Crippen LogP contribution in [0.2, 0.25) is 0 Å². The molecular weight excluding hydrogens is 220 g/mol. The van der Waals surface area contributed by atoms with Gasteiger partial charge in [0.25, 0.3) is 0 Å². The summed E-state index contributed by atoms with van der Waals surface area (Å²) in [5.74, 6) is 0. The summed E-state index contributed by atoms with van der Waals surface area (Å²) in [6, 6.07) is 4.87. The molecule has 0 amide bonds. The number of aryl methyl sites for hydroxylation is 1. The molecular formula is C16H28N2. The summed E-state index contributed by atoms with van der Waals surface area (Å²) in [6.07, 6.45) is 5.26. The molecule has 1 aromatic rings. The molecule has 0 aromatic carbocycles. The Balaban J connectivity index is 2.76. The Hall–Kier alpha value is -0.890. The molecule has 0 aliphatic carbocycles. The van der Waals surface area contributed by atoms with E-state index in [1.54, 1.807) is 0 Å². The molecule has 0 fully saturated rings. The fourth-order valence-electron chi connectivity index (χ4n) is 2.11. The maximum Gasteiger partial charge on any atom is 0.0419 e. The molecule has 1 rings (SSSR count). The molecule has 2 nitrogen and oxygen atoms in total. The van der Waals surface area contributed by atoms with E-state index in [0.717, 1.165) is 19.4 Å². The average Bonchev–Trinajstić information content (AvgIpc) is 2.39. The maximum absolute atomic E-state index is 4.58. The Morgan fingerprint density at radius 3 is 2.39 bits per heavy atom. The van der Waals surface area contributed by atoms with Crippen LogP contribution in [0.15, 0.2) is 18.3 Å². The van der Waals surface area contributed by atoms with Gasteiger partial charge < -0.3 is 5.32 Å². The van der Waals surface area contributed by atoms with Crippen LogP contribution in [0.4, 0.5) is 0 Å². The van der Waals surface area contributed by atoms with E-state index >= 15 is 0 Å². The van der Waals surface area contributed by atoms with E-state index in [1.165, 1.54) is 17.7 Å². The molecule has 1 heterocycles. The van der Waals surface area contributed by atoms with Gasteiger partial charge in [0.15, 0.2) is 0 Å². The molecule has 0 saturated heterocycles. The van der Waals surface area contributed by atoms with Gasteiger partial charge in [-0.15, -0.1) is 0 Å². The number of aromatic nitrogens is 1. The average molecular weight is 248 g/mol. The first-order valence-electron chi connectivity index (χ1n) is 7.20. The number of rotatable bonds is 7. The SMILES string of the molecule is CCNC(Cc1ccc(CC)cn1)C(C)(C)CC. The summed E-state index contributed by atoms with van der Waals surface area (Å²) in [7, 11) is 0. The lowest BCUT2D eigenvalue weighted by atomic mass is 9.79.